The lowest BCUT2D eigenvalue weighted by Crippen LogP contribution is -2.21. The molecule has 0 N–H and O–H groups in total. The predicted octanol–water partition coefficient (Wildman–Crippen LogP) is 5.23. The number of rotatable bonds is 2. The summed E-state index contributed by atoms with van der Waals surface area (Å²) >= 11 is 2.61. The molecule has 0 amide bonds. The summed E-state index contributed by atoms with van der Waals surface area (Å²) in [6.45, 7) is 4.12. The second-order valence-corrected chi connectivity index (χ2v) is 8.53. The third-order valence-electron chi connectivity index (χ3n) is 4.81. The highest BCUT2D eigenvalue weighted by atomic mass is 32.2. The fourth-order valence-electron chi connectivity index (χ4n) is 3.68. The van der Waals surface area contributed by atoms with E-state index in [0.717, 1.165) is 21.5 Å². The summed E-state index contributed by atoms with van der Waals surface area (Å²) in [5.41, 5.74) is 5.21. The number of benzene rings is 3. The van der Waals surface area contributed by atoms with Crippen molar-refractivity contribution in [2.75, 3.05) is 0 Å². The minimum Gasteiger partial charge on any atom is -0.289 e. The Bertz CT molecular complexity index is 1290. The van der Waals surface area contributed by atoms with Crippen molar-refractivity contribution in [3.8, 4) is 0 Å². The van der Waals surface area contributed by atoms with E-state index in [9.17, 15) is 9.59 Å². The van der Waals surface area contributed by atoms with Gasteiger partial charge in [0.05, 0.1) is 17.3 Å². The van der Waals surface area contributed by atoms with Gasteiger partial charge in [0, 0.05) is 26.5 Å². The summed E-state index contributed by atoms with van der Waals surface area (Å²) in [4.78, 5) is 28.1. The van der Waals surface area contributed by atoms with Crippen molar-refractivity contribution in [1.29, 1.82) is 0 Å². The summed E-state index contributed by atoms with van der Waals surface area (Å²) in [5.74, 6) is -0.298. The topological polar surface area (TPSA) is 59.9 Å². The van der Waals surface area contributed by atoms with Crippen molar-refractivity contribution < 1.29 is 9.59 Å². The van der Waals surface area contributed by atoms with Gasteiger partial charge in [-0.1, -0.05) is 42.1 Å². The molecule has 6 heteroatoms. The zero-order valence-corrected chi connectivity index (χ0v) is 16.8. The van der Waals surface area contributed by atoms with Crippen LogP contribution in [0.5, 0.6) is 0 Å². The fraction of sp³-hybridized carbons (Fsp3) is 0.0909. The SMILES string of the molecule is Cc1cc(C)cc(Sc2cc3c(c4nsnc24)C(=O)c2ccccc2C3=O)c1. The molecule has 0 atom stereocenters. The number of carbonyl (C=O) groups is 2. The van der Waals surface area contributed by atoms with Crippen LogP contribution in [0.4, 0.5) is 0 Å². The van der Waals surface area contributed by atoms with E-state index in [0.29, 0.717) is 33.3 Å². The molecule has 28 heavy (non-hydrogen) atoms. The summed E-state index contributed by atoms with van der Waals surface area (Å²) in [5, 5.41) is 0. The first kappa shape index (κ1) is 17.3. The quantitative estimate of drug-likeness (QED) is 0.404. The van der Waals surface area contributed by atoms with Crippen molar-refractivity contribution >= 4 is 46.1 Å². The van der Waals surface area contributed by atoms with Gasteiger partial charge in [-0.2, -0.15) is 8.75 Å². The summed E-state index contributed by atoms with van der Waals surface area (Å²) in [7, 11) is 0. The van der Waals surface area contributed by atoms with Gasteiger partial charge >= 0.3 is 0 Å². The number of carbonyl (C=O) groups excluding carboxylic acids is 2. The molecule has 4 nitrogen and oxygen atoms in total. The highest BCUT2D eigenvalue weighted by molar-refractivity contribution is 7.99. The lowest BCUT2D eigenvalue weighted by molar-refractivity contribution is 0.0980. The van der Waals surface area contributed by atoms with E-state index in [-0.39, 0.29) is 11.6 Å². The third-order valence-corrected chi connectivity index (χ3v) is 6.35. The average molecular weight is 403 g/mol. The van der Waals surface area contributed by atoms with Crippen LogP contribution in [0.15, 0.2) is 58.3 Å². The van der Waals surface area contributed by atoms with E-state index < -0.39 is 0 Å². The number of ketones is 2. The average Bonchev–Trinajstić information content (AvgIpc) is 3.15. The van der Waals surface area contributed by atoms with Crippen LogP contribution in [0.25, 0.3) is 11.0 Å². The van der Waals surface area contributed by atoms with E-state index in [1.165, 1.54) is 11.1 Å². The molecular weight excluding hydrogens is 388 g/mol. The molecule has 1 aromatic heterocycles. The van der Waals surface area contributed by atoms with Gasteiger partial charge in [-0.25, -0.2) is 0 Å². The van der Waals surface area contributed by atoms with Crippen molar-refractivity contribution in [3.05, 3.63) is 81.9 Å². The second kappa shape index (κ2) is 6.36. The smallest absolute Gasteiger partial charge is 0.196 e. The number of hydrogen-bond donors (Lipinski definition) is 0. The van der Waals surface area contributed by atoms with Gasteiger partial charge in [0.15, 0.2) is 11.6 Å². The molecule has 1 aliphatic rings. The summed E-state index contributed by atoms with van der Waals surface area (Å²) in [6, 6.07) is 15.1. The van der Waals surface area contributed by atoms with Gasteiger partial charge in [0.1, 0.15) is 11.0 Å². The Morgan fingerprint density at radius 1 is 0.786 bits per heavy atom. The number of hydrogen-bond acceptors (Lipinski definition) is 6. The van der Waals surface area contributed by atoms with Crippen molar-refractivity contribution in [2.45, 2.75) is 23.6 Å². The number of aryl methyl sites for hydroxylation is 2. The summed E-state index contributed by atoms with van der Waals surface area (Å²) < 4.78 is 8.80. The van der Waals surface area contributed by atoms with Crippen LogP contribution in [-0.2, 0) is 0 Å². The van der Waals surface area contributed by atoms with Gasteiger partial charge in [-0.05, 0) is 43.2 Å². The summed E-state index contributed by atoms with van der Waals surface area (Å²) in [6.07, 6.45) is 0. The zero-order valence-electron chi connectivity index (χ0n) is 15.1. The Hall–Kier alpha value is -2.83. The van der Waals surface area contributed by atoms with Gasteiger partial charge in [0.2, 0.25) is 0 Å². The van der Waals surface area contributed by atoms with E-state index in [4.69, 9.17) is 0 Å². The highest BCUT2D eigenvalue weighted by Crippen LogP contribution is 2.39. The molecule has 1 heterocycles. The maximum Gasteiger partial charge on any atom is 0.196 e. The first-order valence-corrected chi connectivity index (χ1v) is 10.3. The number of fused-ring (bicyclic) bond motifs is 4. The molecule has 0 radical (unpaired) electrons. The molecule has 0 aliphatic heterocycles. The van der Waals surface area contributed by atoms with Gasteiger partial charge in [-0.15, -0.1) is 0 Å². The molecule has 5 rings (SSSR count). The van der Waals surface area contributed by atoms with E-state index in [2.05, 4.69) is 40.8 Å². The Morgan fingerprint density at radius 2 is 1.43 bits per heavy atom. The largest absolute Gasteiger partial charge is 0.289 e. The van der Waals surface area contributed by atoms with Crippen LogP contribution < -0.4 is 0 Å². The molecule has 136 valence electrons. The molecule has 3 aromatic carbocycles. The van der Waals surface area contributed by atoms with Crippen LogP contribution in [-0.4, -0.2) is 20.3 Å². The maximum absolute atomic E-state index is 13.1. The Morgan fingerprint density at radius 3 is 2.14 bits per heavy atom. The lowest BCUT2D eigenvalue weighted by atomic mass is 9.83. The standard InChI is InChI=1S/C22H14N2O2S2/c1-11-7-12(2)9-13(8-11)27-17-10-16-18(20-19(17)23-28-24-20)22(26)15-6-4-3-5-14(15)21(16)25/h3-10H,1-2H3. The van der Waals surface area contributed by atoms with Crippen molar-refractivity contribution in [2.24, 2.45) is 0 Å². The normalized spacial score (nSPS) is 12.9. The Kier molecular flexibility index (Phi) is 3.92. The first-order valence-electron chi connectivity index (χ1n) is 8.77. The van der Waals surface area contributed by atoms with Crippen LogP contribution in [0, 0.1) is 13.8 Å². The van der Waals surface area contributed by atoms with Crippen LogP contribution in [0.2, 0.25) is 0 Å². The molecule has 0 unspecified atom stereocenters. The molecule has 0 saturated carbocycles. The third kappa shape index (κ3) is 2.60. The monoisotopic (exact) mass is 402 g/mol. The lowest BCUT2D eigenvalue weighted by Gasteiger charge is -2.18. The molecule has 4 aromatic rings. The van der Waals surface area contributed by atoms with Crippen molar-refractivity contribution in [1.82, 2.24) is 8.75 Å². The molecule has 0 saturated heterocycles. The second-order valence-electron chi connectivity index (χ2n) is 6.89. The zero-order chi connectivity index (χ0) is 19.4. The van der Waals surface area contributed by atoms with Crippen molar-refractivity contribution in [3.63, 3.8) is 0 Å². The first-order chi connectivity index (χ1) is 13.5. The number of nitrogens with zero attached hydrogens (tertiary/aromatic N) is 2. The van der Waals surface area contributed by atoms with E-state index >= 15 is 0 Å². The van der Waals surface area contributed by atoms with Gasteiger partial charge in [0.25, 0.3) is 0 Å². The van der Waals surface area contributed by atoms with E-state index in [1.807, 2.05) is 0 Å². The molecule has 0 fully saturated rings. The van der Waals surface area contributed by atoms with Crippen LogP contribution >= 0.6 is 23.5 Å². The maximum atomic E-state index is 13.1. The minimum atomic E-state index is -0.161. The molecule has 1 aliphatic carbocycles. The van der Waals surface area contributed by atoms with Crippen LogP contribution in [0.1, 0.15) is 43.0 Å². The fourth-order valence-corrected chi connectivity index (χ4v) is 5.46. The Labute approximate surface area is 169 Å². The minimum absolute atomic E-state index is 0.137. The van der Waals surface area contributed by atoms with Crippen LogP contribution in [0.3, 0.4) is 0 Å². The molecular formula is C22H14N2O2S2. The predicted molar refractivity (Wildman–Crippen MR) is 111 cm³/mol. The van der Waals surface area contributed by atoms with E-state index in [1.54, 1.807) is 42.1 Å². The van der Waals surface area contributed by atoms with Gasteiger partial charge in [-0.3, -0.25) is 9.59 Å². The number of aromatic nitrogens is 2. The molecule has 0 spiro atoms. The van der Waals surface area contributed by atoms with Gasteiger partial charge < -0.3 is 0 Å². The molecule has 0 bridgehead atoms. The highest BCUT2D eigenvalue weighted by Gasteiger charge is 2.33. The Balaban J connectivity index is 1.73.